The maximum absolute atomic E-state index is 12.9. The second kappa shape index (κ2) is 6.46. The van der Waals surface area contributed by atoms with Gasteiger partial charge in [-0.05, 0) is 37.7 Å². The largest absolute Gasteiger partial charge is 0.383 e. The molecule has 2 atom stereocenters. The quantitative estimate of drug-likeness (QED) is 0.924. The van der Waals surface area contributed by atoms with Crippen molar-refractivity contribution < 1.29 is 4.79 Å². The third kappa shape index (κ3) is 2.89. The van der Waals surface area contributed by atoms with Crippen LogP contribution in [0.4, 0.5) is 5.69 Å². The van der Waals surface area contributed by atoms with Crippen LogP contribution in [-0.4, -0.2) is 34.9 Å². The molecule has 21 heavy (non-hydrogen) atoms. The van der Waals surface area contributed by atoms with Gasteiger partial charge in [-0.2, -0.15) is 0 Å². The van der Waals surface area contributed by atoms with Crippen molar-refractivity contribution in [1.82, 2.24) is 9.88 Å². The zero-order chi connectivity index (χ0) is 14.7. The molecule has 1 aromatic rings. The highest BCUT2D eigenvalue weighted by Crippen LogP contribution is 2.37. The van der Waals surface area contributed by atoms with Crippen molar-refractivity contribution in [3.05, 3.63) is 24.0 Å². The average molecular weight is 287 g/mol. The van der Waals surface area contributed by atoms with Crippen molar-refractivity contribution in [3.63, 3.8) is 0 Å². The first-order valence-electron chi connectivity index (χ1n) is 8.30. The Morgan fingerprint density at radius 2 is 2.24 bits per heavy atom. The third-order valence-corrected chi connectivity index (χ3v) is 4.89. The number of rotatable bonds is 4. The van der Waals surface area contributed by atoms with Crippen LogP contribution in [0.15, 0.2) is 18.5 Å². The summed E-state index contributed by atoms with van der Waals surface area (Å²) in [4.78, 5) is 19.2. The number of carbonyl (C=O) groups excluding carboxylic acids is 1. The van der Waals surface area contributed by atoms with Crippen molar-refractivity contribution in [2.45, 2.75) is 51.5 Å². The van der Waals surface area contributed by atoms with Crippen LogP contribution in [0.3, 0.4) is 0 Å². The first-order chi connectivity index (χ1) is 10.3. The van der Waals surface area contributed by atoms with Crippen LogP contribution in [-0.2, 0) is 0 Å². The maximum atomic E-state index is 12.9. The van der Waals surface area contributed by atoms with Gasteiger partial charge in [0, 0.05) is 25.3 Å². The molecule has 2 heterocycles. The summed E-state index contributed by atoms with van der Waals surface area (Å²) < 4.78 is 0. The normalized spacial score (nSPS) is 24.7. The smallest absolute Gasteiger partial charge is 0.256 e. The lowest BCUT2D eigenvalue weighted by molar-refractivity contribution is 0.0691. The minimum absolute atomic E-state index is 0.186. The zero-order valence-electron chi connectivity index (χ0n) is 12.8. The van der Waals surface area contributed by atoms with E-state index in [0.717, 1.165) is 36.7 Å². The van der Waals surface area contributed by atoms with Gasteiger partial charge in [0.15, 0.2) is 0 Å². The first kappa shape index (κ1) is 14.4. The topological polar surface area (TPSA) is 45.2 Å². The second-order valence-corrected chi connectivity index (χ2v) is 6.25. The molecule has 2 aliphatic rings. The average Bonchev–Trinajstić information content (AvgIpc) is 2.96. The molecule has 0 radical (unpaired) electrons. The van der Waals surface area contributed by atoms with Crippen LogP contribution in [0, 0.1) is 5.92 Å². The number of nitrogens with one attached hydrogen (secondary N) is 1. The predicted octanol–water partition coefficient (Wildman–Crippen LogP) is 3.31. The molecule has 1 aliphatic carbocycles. The Labute approximate surface area is 126 Å². The highest BCUT2D eigenvalue weighted by molar-refractivity contribution is 5.99. The number of aromatic nitrogens is 1. The molecule has 1 amide bonds. The van der Waals surface area contributed by atoms with Crippen LogP contribution in [0.2, 0.25) is 0 Å². The summed E-state index contributed by atoms with van der Waals surface area (Å²) in [5.41, 5.74) is 1.66. The first-order valence-corrected chi connectivity index (χ1v) is 8.30. The number of likely N-dealkylation sites (tertiary alicyclic amines) is 1. The molecule has 0 bridgehead atoms. The number of amides is 1. The molecule has 4 heteroatoms. The number of anilines is 1. The molecular formula is C17H25N3O. The Morgan fingerprint density at radius 1 is 1.38 bits per heavy atom. The molecule has 2 unspecified atom stereocenters. The fourth-order valence-corrected chi connectivity index (χ4v) is 3.79. The fraction of sp³-hybridized carbons (Fsp3) is 0.647. The summed E-state index contributed by atoms with van der Waals surface area (Å²) in [5.74, 6) is 0.919. The lowest BCUT2D eigenvalue weighted by Gasteiger charge is -2.32. The van der Waals surface area contributed by atoms with E-state index in [1.54, 1.807) is 12.4 Å². The third-order valence-electron chi connectivity index (χ3n) is 4.89. The number of hydrogen-bond acceptors (Lipinski definition) is 3. The highest BCUT2D eigenvalue weighted by Gasteiger charge is 2.38. The van der Waals surface area contributed by atoms with Crippen LogP contribution in [0.1, 0.15) is 55.8 Å². The number of pyridine rings is 1. The lowest BCUT2D eigenvalue weighted by Crippen LogP contribution is -2.39. The molecule has 114 valence electrons. The number of nitrogens with zero attached hydrogens (tertiary/aromatic N) is 2. The summed E-state index contributed by atoms with van der Waals surface area (Å²) in [7, 11) is 0. The summed E-state index contributed by atoms with van der Waals surface area (Å²) in [5, 5.41) is 3.33. The van der Waals surface area contributed by atoms with Gasteiger partial charge in [0.05, 0.1) is 17.4 Å². The summed E-state index contributed by atoms with van der Waals surface area (Å²) in [6.45, 7) is 3.92. The van der Waals surface area contributed by atoms with E-state index in [0.29, 0.717) is 6.04 Å². The predicted molar refractivity (Wildman–Crippen MR) is 84.4 cm³/mol. The SMILES string of the molecule is CCCNc1cnccc1C(=O)N1CCC2CCCCC21. The van der Waals surface area contributed by atoms with Crippen LogP contribution < -0.4 is 5.32 Å². The fourth-order valence-electron chi connectivity index (χ4n) is 3.79. The molecule has 0 aromatic carbocycles. The van der Waals surface area contributed by atoms with Gasteiger partial charge in [-0.3, -0.25) is 9.78 Å². The lowest BCUT2D eigenvalue weighted by atomic mass is 9.85. The van der Waals surface area contributed by atoms with Crippen LogP contribution in [0.25, 0.3) is 0 Å². The molecule has 0 spiro atoms. The van der Waals surface area contributed by atoms with Crippen LogP contribution >= 0.6 is 0 Å². The van der Waals surface area contributed by atoms with Crippen molar-refractivity contribution in [1.29, 1.82) is 0 Å². The minimum Gasteiger partial charge on any atom is -0.383 e. The van der Waals surface area contributed by atoms with Gasteiger partial charge in [0.25, 0.3) is 5.91 Å². The summed E-state index contributed by atoms with van der Waals surface area (Å²) in [6, 6.07) is 2.33. The zero-order valence-corrected chi connectivity index (χ0v) is 12.8. The van der Waals surface area contributed by atoms with E-state index >= 15 is 0 Å². The van der Waals surface area contributed by atoms with Gasteiger partial charge >= 0.3 is 0 Å². The number of carbonyl (C=O) groups is 1. The van der Waals surface area contributed by atoms with Gasteiger partial charge in [-0.1, -0.05) is 19.8 Å². The minimum atomic E-state index is 0.186. The van der Waals surface area contributed by atoms with Gasteiger partial charge in [-0.15, -0.1) is 0 Å². The van der Waals surface area contributed by atoms with E-state index < -0.39 is 0 Å². The molecular weight excluding hydrogens is 262 g/mol. The van der Waals surface area contributed by atoms with Crippen molar-refractivity contribution in [2.24, 2.45) is 5.92 Å². The van der Waals surface area contributed by atoms with E-state index in [1.165, 1.54) is 32.1 Å². The monoisotopic (exact) mass is 287 g/mol. The Bertz CT molecular complexity index is 503. The molecule has 1 N–H and O–H groups in total. The molecule has 1 aliphatic heterocycles. The number of fused-ring (bicyclic) bond motifs is 1. The molecule has 1 saturated carbocycles. The van der Waals surface area contributed by atoms with Crippen molar-refractivity contribution in [2.75, 3.05) is 18.4 Å². The van der Waals surface area contributed by atoms with Gasteiger partial charge in [0.2, 0.25) is 0 Å². The molecule has 3 rings (SSSR count). The molecule has 2 fully saturated rings. The number of hydrogen-bond donors (Lipinski definition) is 1. The molecule has 1 aromatic heterocycles. The standard InChI is InChI=1S/C17H25N3O/c1-2-9-19-15-12-18-10-7-14(15)17(21)20-11-8-13-5-3-4-6-16(13)20/h7,10,12-13,16,19H,2-6,8-9,11H2,1H3. The van der Waals surface area contributed by atoms with Gasteiger partial charge in [-0.25, -0.2) is 0 Å². The Kier molecular flexibility index (Phi) is 4.42. The Hall–Kier alpha value is -1.58. The van der Waals surface area contributed by atoms with Crippen molar-refractivity contribution in [3.8, 4) is 0 Å². The van der Waals surface area contributed by atoms with E-state index in [1.807, 2.05) is 6.07 Å². The van der Waals surface area contributed by atoms with E-state index in [9.17, 15) is 4.79 Å². The molecule has 1 saturated heterocycles. The second-order valence-electron chi connectivity index (χ2n) is 6.25. The van der Waals surface area contributed by atoms with E-state index in [2.05, 4.69) is 22.1 Å². The van der Waals surface area contributed by atoms with Gasteiger partial charge < -0.3 is 10.2 Å². The summed E-state index contributed by atoms with van der Waals surface area (Å²) >= 11 is 0. The van der Waals surface area contributed by atoms with Crippen molar-refractivity contribution >= 4 is 11.6 Å². The highest BCUT2D eigenvalue weighted by atomic mass is 16.2. The van der Waals surface area contributed by atoms with E-state index in [-0.39, 0.29) is 5.91 Å². The van der Waals surface area contributed by atoms with Gasteiger partial charge in [0.1, 0.15) is 0 Å². The Balaban J connectivity index is 1.78. The Morgan fingerprint density at radius 3 is 3.10 bits per heavy atom. The molecule has 4 nitrogen and oxygen atoms in total. The summed E-state index contributed by atoms with van der Waals surface area (Å²) in [6.07, 6.45) is 10.8. The van der Waals surface area contributed by atoms with E-state index in [4.69, 9.17) is 0 Å². The van der Waals surface area contributed by atoms with Crippen LogP contribution in [0.5, 0.6) is 0 Å². The maximum Gasteiger partial charge on any atom is 0.256 e.